The van der Waals surface area contributed by atoms with Gasteiger partial charge in [0, 0.05) is 10.6 Å². The SMILES string of the molecule is C=C(CCc1ccccc1)N=[N+]=[N-]. The monoisotopic (exact) mass is 173 g/mol. The highest BCUT2D eigenvalue weighted by atomic mass is 15.1. The van der Waals surface area contributed by atoms with E-state index in [1.807, 2.05) is 30.3 Å². The molecule has 66 valence electrons. The molecule has 0 unspecified atom stereocenters. The molecule has 13 heavy (non-hydrogen) atoms. The predicted octanol–water partition coefficient (Wildman–Crippen LogP) is 3.44. The van der Waals surface area contributed by atoms with Gasteiger partial charge in [-0.3, -0.25) is 0 Å². The summed E-state index contributed by atoms with van der Waals surface area (Å²) in [5, 5.41) is 3.43. The van der Waals surface area contributed by atoms with E-state index in [-0.39, 0.29) is 0 Å². The fraction of sp³-hybridized carbons (Fsp3) is 0.200. The number of rotatable bonds is 4. The lowest BCUT2D eigenvalue weighted by Gasteiger charge is -1.98. The average molecular weight is 173 g/mol. The first-order chi connectivity index (χ1) is 6.33. The zero-order chi connectivity index (χ0) is 9.52. The summed E-state index contributed by atoms with van der Waals surface area (Å²) in [6.07, 6.45) is 1.59. The van der Waals surface area contributed by atoms with E-state index < -0.39 is 0 Å². The van der Waals surface area contributed by atoms with Crippen molar-refractivity contribution >= 4 is 0 Å². The molecule has 0 spiro atoms. The molecular formula is C10H11N3. The maximum Gasteiger partial charge on any atom is 0.00819 e. The van der Waals surface area contributed by atoms with E-state index in [4.69, 9.17) is 5.53 Å². The van der Waals surface area contributed by atoms with Crippen molar-refractivity contribution in [1.29, 1.82) is 0 Å². The first kappa shape index (κ1) is 9.36. The minimum atomic E-state index is 0.589. The summed E-state index contributed by atoms with van der Waals surface area (Å²) in [5.74, 6) is 0. The molecule has 1 rings (SSSR count). The Kier molecular flexibility index (Phi) is 3.61. The average Bonchev–Trinajstić information content (AvgIpc) is 2.17. The smallest absolute Gasteiger partial charge is 0.00819 e. The lowest BCUT2D eigenvalue weighted by molar-refractivity contribution is 0.927. The van der Waals surface area contributed by atoms with Crippen molar-refractivity contribution in [3.05, 3.63) is 58.6 Å². The molecule has 0 saturated carbocycles. The Balaban J connectivity index is 2.44. The summed E-state index contributed by atoms with van der Waals surface area (Å²) in [7, 11) is 0. The molecule has 0 aliphatic rings. The predicted molar refractivity (Wildman–Crippen MR) is 53.0 cm³/mol. The third-order valence-corrected chi connectivity index (χ3v) is 1.73. The molecule has 0 aliphatic heterocycles. The number of azide groups is 1. The summed E-state index contributed by atoms with van der Waals surface area (Å²) in [5.41, 5.74) is 9.95. The highest BCUT2D eigenvalue weighted by Crippen LogP contribution is 2.08. The van der Waals surface area contributed by atoms with Gasteiger partial charge in [-0.05, 0) is 23.9 Å². The number of hydrogen-bond acceptors (Lipinski definition) is 1. The molecule has 0 aromatic heterocycles. The fourth-order valence-electron chi connectivity index (χ4n) is 1.05. The number of aryl methyl sites for hydroxylation is 1. The van der Waals surface area contributed by atoms with Crippen molar-refractivity contribution in [1.82, 2.24) is 0 Å². The minimum absolute atomic E-state index is 0.589. The zero-order valence-electron chi connectivity index (χ0n) is 7.35. The van der Waals surface area contributed by atoms with Crippen LogP contribution in [-0.2, 0) is 6.42 Å². The van der Waals surface area contributed by atoms with Crippen molar-refractivity contribution in [2.45, 2.75) is 12.8 Å². The van der Waals surface area contributed by atoms with Gasteiger partial charge in [-0.15, -0.1) is 0 Å². The number of hydrogen-bond donors (Lipinski definition) is 0. The van der Waals surface area contributed by atoms with Gasteiger partial charge in [-0.1, -0.05) is 42.0 Å². The van der Waals surface area contributed by atoms with E-state index in [1.165, 1.54) is 5.56 Å². The van der Waals surface area contributed by atoms with Crippen LogP contribution in [0.4, 0.5) is 0 Å². The van der Waals surface area contributed by atoms with Crippen molar-refractivity contribution in [2.75, 3.05) is 0 Å². The van der Waals surface area contributed by atoms with Crippen LogP contribution in [0.5, 0.6) is 0 Å². The summed E-state index contributed by atoms with van der Waals surface area (Å²) in [6.45, 7) is 3.64. The molecule has 3 heteroatoms. The molecular weight excluding hydrogens is 162 g/mol. The first-order valence-corrected chi connectivity index (χ1v) is 4.09. The van der Waals surface area contributed by atoms with Gasteiger partial charge >= 0.3 is 0 Å². The van der Waals surface area contributed by atoms with Crippen LogP contribution in [0.25, 0.3) is 10.4 Å². The van der Waals surface area contributed by atoms with E-state index in [1.54, 1.807) is 0 Å². The molecule has 1 aromatic carbocycles. The quantitative estimate of drug-likeness (QED) is 0.380. The van der Waals surface area contributed by atoms with E-state index in [0.717, 1.165) is 6.42 Å². The Morgan fingerprint density at radius 3 is 2.69 bits per heavy atom. The van der Waals surface area contributed by atoms with Crippen molar-refractivity contribution in [2.24, 2.45) is 5.11 Å². The molecule has 0 N–H and O–H groups in total. The molecule has 1 aromatic rings. The Hall–Kier alpha value is -1.73. The van der Waals surface area contributed by atoms with E-state index in [9.17, 15) is 0 Å². The fourth-order valence-corrected chi connectivity index (χ4v) is 1.05. The molecule has 3 nitrogen and oxygen atoms in total. The number of nitrogens with zero attached hydrogens (tertiary/aromatic N) is 3. The van der Waals surface area contributed by atoms with Crippen LogP contribution >= 0.6 is 0 Å². The minimum Gasteiger partial charge on any atom is -0.0936 e. The van der Waals surface area contributed by atoms with Crippen LogP contribution in [0.1, 0.15) is 12.0 Å². The third-order valence-electron chi connectivity index (χ3n) is 1.73. The lowest BCUT2D eigenvalue weighted by atomic mass is 10.1. The van der Waals surface area contributed by atoms with Gasteiger partial charge in [-0.2, -0.15) is 0 Å². The molecule has 0 fully saturated rings. The summed E-state index contributed by atoms with van der Waals surface area (Å²) in [4.78, 5) is 2.67. The van der Waals surface area contributed by atoms with Gasteiger partial charge < -0.3 is 0 Å². The molecule has 0 saturated heterocycles. The van der Waals surface area contributed by atoms with Crippen LogP contribution in [0.2, 0.25) is 0 Å². The standard InChI is InChI=1S/C10H11N3/c1-9(12-13-11)7-8-10-5-3-2-4-6-10/h2-6H,1,7-8H2. The van der Waals surface area contributed by atoms with E-state index in [2.05, 4.69) is 16.6 Å². The molecule has 0 atom stereocenters. The second kappa shape index (κ2) is 5.01. The van der Waals surface area contributed by atoms with Crippen molar-refractivity contribution in [3.8, 4) is 0 Å². The van der Waals surface area contributed by atoms with Crippen LogP contribution < -0.4 is 0 Å². The van der Waals surface area contributed by atoms with Crippen molar-refractivity contribution < 1.29 is 0 Å². The highest BCUT2D eigenvalue weighted by Gasteiger charge is 1.93. The van der Waals surface area contributed by atoms with E-state index >= 15 is 0 Å². The third kappa shape index (κ3) is 3.45. The molecule has 0 bridgehead atoms. The second-order valence-electron chi connectivity index (χ2n) is 2.74. The molecule has 0 aliphatic carbocycles. The molecule has 0 radical (unpaired) electrons. The van der Waals surface area contributed by atoms with E-state index in [0.29, 0.717) is 12.1 Å². The largest absolute Gasteiger partial charge is 0.0936 e. The topological polar surface area (TPSA) is 48.8 Å². The van der Waals surface area contributed by atoms with Gasteiger partial charge in [-0.25, -0.2) is 0 Å². The Morgan fingerprint density at radius 2 is 2.08 bits per heavy atom. The maximum absolute atomic E-state index is 8.13. The van der Waals surface area contributed by atoms with Gasteiger partial charge in [0.25, 0.3) is 0 Å². The summed E-state index contributed by atoms with van der Waals surface area (Å²) >= 11 is 0. The van der Waals surface area contributed by atoms with Crippen molar-refractivity contribution in [3.63, 3.8) is 0 Å². The Labute approximate surface area is 77.3 Å². The summed E-state index contributed by atoms with van der Waals surface area (Å²) in [6, 6.07) is 10.1. The second-order valence-corrected chi connectivity index (χ2v) is 2.74. The normalized spacial score (nSPS) is 8.92. The Morgan fingerprint density at radius 1 is 1.38 bits per heavy atom. The van der Waals surface area contributed by atoms with Gasteiger partial charge in [0.05, 0.1) is 0 Å². The van der Waals surface area contributed by atoms with Gasteiger partial charge in [0.1, 0.15) is 0 Å². The number of allylic oxidation sites excluding steroid dienone is 1. The lowest BCUT2D eigenvalue weighted by Crippen LogP contribution is -1.84. The maximum atomic E-state index is 8.13. The van der Waals surface area contributed by atoms with Crippen LogP contribution in [0, 0.1) is 0 Å². The number of benzene rings is 1. The molecule has 0 heterocycles. The Bertz CT molecular complexity index is 323. The highest BCUT2D eigenvalue weighted by molar-refractivity contribution is 5.15. The zero-order valence-corrected chi connectivity index (χ0v) is 7.35. The molecule has 0 amide bonds. The van der Waals surface area contributed by atoms with Gasteiger partial charge in [0.2, 0.25) is 0 Å². The van der Waals surface area contributed by atoms with Crippen LogP contribution in [0.3, 0.4) is 0 Å². The van der Waals surface area contributed by atoms with Crippen LogP contribution in [0.15, 0.2) is 47.7 Å². The van der Waals surface area contributed by atoms with Gasteiger partial charge in [0.15, 0.2) is 0 Å². The van der Waals surface area contributed by atoms with Crippen LogP contribution in [-0.4, -0.2) is 0 Å². The summed E-state index contributed by atoms with van der Waals surface area (Å²) < 4.78 is 0. The first-order valence-electron chi connectivity index (χ1n) is 4.09.